The molecule has 2 heterocycles. The van der Waals surface area contributed by atoms with Crippen molar-refractivity contribution in [1.82, 2.24) is 14.5 Å². The second-order valence-electron chi connectivity index (χ2n) is 5.38. The molecule has 0 aliphatic carbocycles. The van der Waals surface area contributed by atoms with Gasteiger partial charge < -0.3 is 9.55 Å². The van der Waals surface area contributed by atoms with E-state index >= 15 is 0 Å². The van der Waals surface area contributed by atoms with E-state index in [9.17, 15) is 0 Å². The van der Waals surface area contributed by atoms with Gasteiger partial charge in [0.1, 0.15) is 0 Å². The molecule has 104 valence electrons. The van der Waals surface area contributed by atoms with Gasteiger partial charge in [-0.2, -0.15) is 0 Å². The van der Waals surface area contributed by atoms with Crippen molar-refractivity contribution in [3.63, 3.8) is 0 Å². The minimum atomic E-state index is 0.954. The van der Waals surface area contributed by atoms with E-state index in [0.717, 1.165) is 35.4 Å². The fourth-order valence-corrected chi connectivity index (χ4v) is 2.68. The van der Waals surface area contributed by atoms with Gasteiger partial charge in [0.15, 0.2) is 5.82 Å². The van der Waals surface area contributed by atoms with Crippen LogP contribution in [0.5, 0.6) is 0 Å². The lowest BCUT2D eigenvalue weighted by Gasteiger charge is -1.97. The van der Waals surface area contributed by atoms with Gasteiger partial charge in [-0.25, -0.2) is 4.98 Å². The molecule has 0 bridgehead atoms. The number of aromatic amines is 1. The Balaban J connectivity index is 2.05. The molecule has 1 aromatic carbocycles. The monoisotopic (exact) mass is 267 g/mol. The number of H-pyrrole nitrogens is 1. The van der Waals surface area contributed by atoms with Gasteiger partial charge in [-0.05, 0) is 42.2 Å². The van der Waals surface area contributed by atoms with Crippen molar-refractivity contribution in [3.05, 3.63) is 41.6 Å². The summed E-state index contributed by atoms with van der Waals surface area (Å²) in [5, 5.41) is 0. The summed E-state index contributed by atoms with van der Waals surface area (Å²) in [6.07, 6.45) is 5.51. The molecule has 0 fully saturated rings. The summed E-state index contributed by atoms with van der Waals surface area (Å²) < 4.78 is 2.14. The van der Waals surface area contributed by atoms with E-state index in [1.165, 1.54) is 17.5 Å². The van der Waals surface area contributed by atoms with E-state index in [2.05, 4.69) is 60.9 Å². The maximum absolute atomic E-state index is 4.72. The minimum absolute atomic E-state index is 0.954. The maximum Gasteiger partial charge on any atom is 0.155 e. The zero-order valence-electron chi connectivity index (χ0n) is 12.4. The first-order chi connectivity index (χ1) is 9.71. The fraction of sp³-hybridized carbons (Fsp3) is 0.353. The molecule has 3 aromatic rings. The topological polar surface area (TPSA) is 33.6 Å². The van der Waals surface area contributed by atoms with Crippen molar-refractivity contribution in [2.24, 2.45) is 7.05 Å². The van der Waals surface area contributed by atoms with Crippen molar-refractivity contribution in [2.75, 3.05) is 0 Å². The molecule has 20 heavy (non-hydrogen) atoms. The number of rotatable bonds is 4. The number of hydrogen-bond donors (Lipinski definition) is 1. The summed E-state index contributed by atoms with van der Waals surface area (Å²) >= 11 is 0. The second kappa shape index (κ2) is 5.16. The smallest absolute Gasteiger partial charge is 0.155 e. The van der Waals surface area contributed by atoms with Crippen molar-refractivity contribution < 1.29 is 0 Å². The molecule has 3 rings (SSSR count). The summed E-state index contributed by atoms with van der Waals surface area (Å²) in [5.41, 5.74) is 6.03. The first-order valence-electron chi connectivity index (χ1n) is 7.35. The average Bonchev–Trinajstić information content (AvgIpc) is 3.01. The minimum Gasteiger partial charge on any atom is -0.348 e. The molecule has 0 atom stereocenters. The van der Waals surface area contributed by atoms with Crippen LogP contribution in [0.25, 0.3) is 22.6 Å². The van der Waals surface area contributed by atoms with Crippen LogP contribution in [0, 0.1) is 0 Å². The van der Waals surface area contributed by atoms with E-state index in [1.807, 2.05) is 0 Å². The van der Waals surface area contributed by atoms with Crippen LogP contribution in [0.4, 0.5) is 0 Å². The Morgan fingerprint density at radius 3 is 2.70 bits per heavy atom. The number of benzene rings is 1. The first-order valence-corrected chi connectivity index (χ1v) is 7.35. The number of nitrogens with one attached hydrogen (secondary N) is 1. The van der Waals surface area contributed by atoms with Gasteiger partial charge in [-0.3, -0.25) is 0 Å². The molecule has 1 N–H and O–H groups in total. The van der Waals surface area contributed by atoms with E-state index in [-0.39, 0.29) is 0 Å². The van der Waals surface area contributed by atoms with Crippen molar-refractivity contribution in [3.8, 4) is 11.5 Å². The molecule has 0 aliphatic rings. The lowest BCUT2D eigenvalue weighted by atomic mass is 10.1. The van der Waals surface area contributed by atoms with Gasteiger partial charge in [0.05, 0.1) is 16.7 Å². The van der Waals surface area contributed by atoms with Crippen LogP contribution in [0.3, 0.4) is 0 Å². The van der Waals surface area contributed by atoms with Crippen molar-refractivity contribution in [1.29, 1.82) is 0 Å². The predicted molar refractivity (Wildman–Crippen MR) is 83.9 cm³/mol. The van der Waals surface area contributed by atoms with E-state index in [4.69, 9.17) is 4.98 Å². The Bertz CT molecular complexity index is 734. The van der Waals surface area contributed by atoms with Crippen LogP contribution in [0.15, 0.2) is 30.5 Å². The number of imidazole rings is 1. The number of nitrogens with zero attached hydrogens (tertiary/aromatic N) is 2. The Hall–Kier alpha value is -2.03. The lowest BCUT2D eigenvalue weighted by Crippen LogP contribution is -1.90. The largest absolute Gasteiger partial charge is 0.348 e. The molecule has 0 saturated heterocycles. The van der Waals surface area contributed by atoms with Gasteiger partial charge in [-0.1, -0.05) is 26.3 Å². The third kappa shape index (κ3) is 2.24. The molecular weight excluding hydrogens is 246 g/mol. The highest BCUT2D eigenvalue weighted by atomic mass is 15.0. The first kappa shape index (κ1) is 13.0. The second-order valence-corrected chi connectivity index (χ2v) is 5.38. The van der Waals surface area contributed by atoms with Crippen LogP contribution < -0.4 is 0 Å². The molecule has 0 aliphatic heterocycles. The van der Waals surface area contributed by atoms with Crippen molar-refractivity contribution >= 4 is 11.0 Å². The maximum atomic E-state index is 4.72. The van der Waals surface area contributed by atoms with Crippen LogP contribution in [0.1, 0.15) is 31.4 Å². The van der Waals surface area contributed by atoms with Gasteiger partial charge >= 0.3 is 0 Å². The lowest BCUT2D eigenvalue weighted by molar-refractivity contribution is 0.919. The van der Waals surface area contributed by atoms with E-state index in [1.54, 1.807) is 0 Å². The highest BCUT2D eigenvalue weighted by molar-refractivity contribution is 5.79. The standard InChI is InChI=1S/C17H21N3/c1-4-6-13-7-8-14-15(9-13)19-17(18-14)16-10-12(5-2)11-20(16)3/h7-11H,4-6H2,1-3H3,(H,18,19). The zero-order valence-corrected chi connectivity index (χ0v) is 12.4. The van der Waals surface area contributed by atoms with Crippen LogP contribution in [-0.2, 0) is 19.9 Å². The molecule has 2 aromatic heterocycles. The molecular formula is C17H21N3. The summed E-state index contributed by atoms with van der Waals surface area (Å²) in [6, 6.07) is 8.73. The predicted octanol–water partition coefficient (Wildman–Crippen LogP) is 4.08. The van der Waals surface area contributed by atoms with E-state index < -0.39 is 0 Å². The Morgan fingerprint density at radius 1 is 1.15 bits per heavy atom. The molecule has 0 radical (unpaired) electrons. The fourth-order valence-electron chi connectivity index (χ4n) is 2.68. The SMILES string of the molecule is CCCc1ccc2nc(-c3cc(CC)cn3C)[nH]c2c1. The Morgan fingerprint density at radius 2 is 2.00 bits per heavy atom. The molecule has 3 nitrogen and oxygen atoms in total. The molecule has 3 heteroatoms. The van der Waals surface area contributed by atoms with E-state index in [0.29, 0.717) is 0 Å². The molecule has 0 unspecified atom stereocenters. The zero-order chi connectivity index (χ0) is 14.1. The highest BCUT2D eigenvalue weighted by Crippen LogP contribution is 2.23. The van der Waals surface area contributed by atoms with Crippen LogP contribution >= 0.6 is 0 Å². The molecule has 0 spiro atoms. The van der Waals surface area contributed by atoms with Gasteiger partial charge in [0.2, 0.25) is 0 Å². The average molecular weight is 267 g/mol. The number of hydrogen-bond acceptors (Lipinski definition) is 1. The highest BCUT2D eigenvalue weighted by Gasteiger charge is 2.10. The third-order valence-corrected chi connectivity index (χ3v) is 3.80. The summed E-state index contributed by atoms with van der Waals surface area (Å²) in [7, 11) is 2.07. The molecule has 0 saturated carbocycles. The number of fused-ring (bicyclic) bond motifs is 1. The normalized spacial score (nSPS) is 11.3. The Labute approximate surface area is 119 Å². The van der Waals surface area contributed by atoms with Gasteiger partial charge in [0, 0.05) is 13.2 Å². The number of aromatic nitrogens is 3. The summed E-state index contributed by atoms with van der Waals surface area (Å²) in [4.78, 5) is 8.17. The molecule has 0 amide bonds. The van der Waals surface area contributed by atoms with Crippen molar-refractivity contribution in [2.45, 2.75) is 33.1 Å². The third-order valence-electron chi connectivity index (χ3n) is 3.80. The quantitative estimate of drug-likeness (QED) is 0.759. The van der Waals surface area contributed by atoms with Gasteiger partial charge in [0.25, 0.3) is 0 Å². The van der Waals surface area contributed by atoms with Crippen LogP contribution in [-0.4, -0.2) is 14.5 Å². The van der Waals surface area contributed by atoms with Crippen LogP contribution in [0.2, 0.25) is 0 Å². The van der Waals surface area contributed by atoms with Gasteiger partial charge in [-0.15, -0.1) is 0 Å². The Kier molecular flexibility index (Phi) is 3.35. The summed E-state index contributed by atoms with van der Waals surface area (Å²) in [6.45, 7) is 4.38. The number of aryl methyl sites for hydroxylation is 3. The summed E-state index contributed by atoms with van der Waals surface area (Å²) in [5.74, 6) is 0.954.